The van der Waals surface area contributed by atoms with E-state index in [1.165, 1.54) is 0 Å². The minimum atomic E-state index is 0.829. The fraction of sp³-hybridized carbons (Fsp3) is 0.111. The summed E-state index contributed by atoms with van der Waals surface area (Å²) in [6, 6.07) is 15.7. The number of halogens is 1. The number of hydrogen-bond acceptors (Lipinski definition) is 4. The van der Waals surface area contributed by atoms with Crippen LogP contribution >= 0.6 is 15.9 Å². The van der Waals surface area contributed by atoms with E-state index in [9.17, 15) is 0 Å². The standard InChI is InChI=1S/C18H16BrN3O/c1-12-9-18(16-10-14(19)5-8-17(16)21-12)22-20-11-13-3-6-15(23-2)7-4-13/h3-11H,1-2H3,(H,21,22)/b20-11-. The molecule has 1 aromatic heterocycles. The Morgan fingerprint density at radius 1 is 1.13 bits per heavy atom. The van der Waals surface area contributed by atoms with Gasteiger partial charge in [-0.1, -0.05) is 15.9 Å². The quantitative estimate of drug-likeness (QED) is 0.532. The third-order valence-electron chi connectivity index (χ3n) is 3.41. The molecule has 1 heterocycles. The second-order valence-corrected chi connectivity index (χ2v) is 6.03. The average molecular weight is 370 g/mol. The lowest BCUT2D eigenvalue weighted by Gasteiger charge is -2.07. The predicted molar refractivity (Wildman–Crippen MR) is 98.4 cm³/mol. The molecule has 0 radical (unpaired) electrons. The lowest BCUT2D eigenvalue weighted by Crippen LogP contribution is -1.95. The molecule has 3 rings (SSSR count). The van der Waals surface area contributed by atoms with Gasteiger partial charge in [0.2, 0.25) is 0 Å². The topological polar surface area (TPSA) is 46.5 Å². The molecule has 0 aliphatic carbocycles. The third kappa shape index (κ3) is 3.68. The Hall–Kier alpha value is -2.40. The molecular formula is C18H16BrN3O. The van der Waals surface area contributed by atoms with E-state index < -0.39 is 0 Å². The highest BCUT2D eigenvalue weighted by atomic mass is 79.9. The number of benzene rings is 2. The lowest BCUT2D eigenvalue weighted by atomic mass is 10.1. The zero-order chi connectivity index (χ0) is 16.2. The number of aromatic nitrogens is 1. The molecule has 0 saturated heterocycles. The van der Waals surface area contributed by atoms with Crippen molar-refractivity contribution >= 4 is 38.7 Å². The van der Waals surface area contributed by atoms with E-state index in [2.05, 4.69) is 31.4 Å². The molecule has 0 aliphatic heterocycles. The number of rotatable bonds is 4. The molecule has 5 heteroatoms. The van der Waals surface area contributed by atoms with Gasteiger partial charge < -0.3 is 4.74 Å². The minimum absolute atomic E-state index is 0.829. The zero-order valence-electron chi connectivity index (χ0n) is 12.9. The molecule has 23 heavy (non-hydrogen) atoms. The summed E-state index contributed by atoms with van der Waals surface area (Å²) in [6.07, 6.45) is 1.78. The smallest absolute Gasteiger partial charge is 0.118 e. The Balaban J connectivity index is 1.85. The van der Waals surface area contributed by atoms with Crippen molar-refractivity contribution in [1.29, 1.82) is 0 Å². The van der Waals surface area contributed by atoms with Crippen LogP contribution in [-0.2, 0) is 0 Å². The number of fused-ring (bicyclic) bond motifs is 1. The maximum absolute atomic E-state index is 5.14. The molecule has 0 saturated carbocycles. The predicted octanol–water partition coefficient (Wildman–Crippen LogP) is 4.76. The van der Waals surface area contributed by atoms with Gasteiger partial charge in [0.1, 0.15) is 5.75 Å². The highest BCUT2D eigenvalue weighted by Gasteiger charge is 2.04. The Kier molecular flexibility index (Phi) is 4.57. The van der Waals surface area contributed by atoms with E-state index in [0.717, 1.165) is 38.1 Å². The molecular weight excluding hydrogens is 354 g/mol. The summed E-state index contributed by atoms with van der Waals surface area (Å²) in [6.45, 7) is 1.97. The Bertz CT molecular complexity index is 860. The number of nitrogens with one attached hydrogen (secondary N) is 1. The van der Waals surface area contributed by atoms with Gasteiger partial charge in [0.25, 0.3) is 0 Å². The average Bonchev–Trinajstić information content (AvgIpc) is 2.56. The molecule has 0 amide bonds. The van der Waals surface area contributed by atoms with Crippen LogP contribution in [0.25, 0.3) is 10.9 Å². The number of hydrogen-bond donors (Lipinski definition) is 1. The van der Waals surface area contributed by atoms with Gasteiger partial charge in [-0.05, 0) is 61.0 Å². The number of nitrogens with zero attached hydrogens (tertiary/aromatic N) is 2. The van der Waals surface area contributed by atoms with E-state index in [0.29, 0.717) is 0 Å². The highest BCUT2D eigenvalue weighted by Crippen LogP contribution is 2.26. The van der Waals surface area contributed by atoms with Crippen LogP contribution in [0, 0.1) is 6.92 Å². The van der Waals surface area contributed by atoms with Crippen LogP contribution < -0.4 is 10.2 Å². The van der Waals surface area contributed by atoms with E-state index >= 15 is 0 Å². The molecule has 3 aromatic rings. The molecule has 4 nitrogen and oxygen atoms in total. The summed E-state index contributed by atoms with van der Waals surface area (Å²) < 4.78 is 6.16. The normalized spacial score (nSPS) is 11.1. The first-order valence-corrected chi connectivity index (χ1v) is 7.95. The van der Waals surface area contributed by atoms with Gasteiger partial charge in [0.15, 0.2) is 0 Å². The number of hydrazone groups is 1. The molecule has 0 aliphatic rings. The molecule has 0 atom stereocenters. The van der Waals surface area contributed by atoms with E-state index in [4.69, 9.17) is 4.74 Å². The van der Waals surface area contributed by atoms with Crippen LogP contribution in [0.2, 0.25) is 0 Å². The fourth-order valence-corrected chi connectivity index (χ4v) is 2.65. The summed E-state index contributed by atoms with van der Waals surface area (Å²) in [7, 11) is 1.65. The molecule has 1 N–H and O–H groups in total. The van der Waals surface area contributed by atoms with E-state index in [1.54, 1.807) is 13.3 Å². The number of aryl methyl sites for hydroxylation is 1. The maximum Gasteiger partial charge on any atom is 0.118 e. The maximum atomic E-state index is 5.14. The van der Waals surface area contributed by atoms with Crippen LogP contribution in [0.15, 0.2) is 58.1 Å². The van der Waals surface area contributed by atoms with Gasteiger partial charge in [-0.3, -0.25) is 10.4 Å². The highest BCUT2D eigenvalue weighted by molar-refractivity contribution is 9.10. The van der Waals surface area contributed by atoms with Crippen molar-refractivity contribution in [2.24, 2.45) is 5.10 Å². The second kappa shape index (κ2) is 6.79. The minimum Gasteiger partial charge on any atom is -0.497 e. The van der Waals surface area contributed by atoms with Gasteiger partial charge in [0.05, 0.1) is 24.5 Å². The van der Waals surface area contributed by atoms with Gasteiger partial charge >= 0.3 is 0 Å². The Labute approximate surface area is 143 Å². The molecule has 2 aromatic carbocycles. The van der Waals surface area contributed by atoms with Crippen molar-refractivity contribution in [1.82, 2.24) is 4.98 Å². The van der Waals surface area contributed by atoms with Crippen LogP contribution in [0.4, 0.5) is 5.69 Å². The van der Waals surface area contributed by atoms with Crippen molar-refractivity contribution in [2.75, 3.05) is 12.5 Å². The molecule has 0 unspecified atom stereocenters. The summed E-state index contributed by atoms with van der Waals surface area (Å²) in [5.41, 5.74) is 6.92. The first kappa shape index (κ1) is 15.5. The number of anilines is 1. The number of pyridine rings is 1. The van der Waals surface area contributed by atoms with Crippen LogP contribution in [0.5, 0.6) is 5.75 Å². The van der Waals surface area contributed by atoms with Crippen molar-refractivity contribution < 1.29 is 4.74 Å². The van der Waals surface area contributed by atoms with E-state index in [1.807, 2.05) is 55.5 Å². The number of methoxy groups -OCH3 is 1. The Morgan fingerprint density at radius 2 is 1.91 bits per heavy atom. The summed E-state index contributed by atoms with van der Waals surface area (Å²) >= 11 is 3.50. The molecule has 0 fully saturated rings. The van der Waals surface area contributed by atoms with Gasteiger partial charge in [-0.25, -0.2) is 0 Å². The first-order valence-electron chi connectivity index (χ1n) is 7.16. The summed E-state index contributed by atoms with van der Waals surface area (Å²) in [5.74, 6) is 0.829. The summed E-state index contributed by atoms with van der Waals surface area (Å²) in [4.78, 5) is 4.54. The molecule has 116 valence electrons. The van der Waals surface area contributed by atoms with Gasteiger partial charge in [0, 0.05) is 15.6 Å². The lowest BCUT2D eigenvalue weighted by molar-refractivity contribution is 0.415. The van der Waals surface area contributed by atoms with Crippen LogP contribution in [0.3, 0.4) is 0 Å². The SMILES string of the molecule is COc1ccc(/C=N\Nc2cc(C)nc3ccc(Br)cc23)cc1. The van der Waals surface area contributed by atoms with Crippen molar-refractivity contribution in [3.63, 3.8) is 0 Å². The molecule has 0 spiro atoms. The van der Waals surface area contributed by atoms with Gasteiger partial charge in [-0.15, -0.1) is 0 Å². The Morgan fingerprint density at radius 3 is 2.65 bits per heavy atom. The zero-order valence-corrected chi connectivity index (χ0v) is 14.5. The fourth-order valence-electron chi connectivity index (χ4n) is 2.29. The van der Waals surface area contributed by atoms with Crippen molar-refractivity contribution in [3.8, 4) is 5.75 Å². The monoisotopic (exact) mass is 369 g/mol. The van der Waals surface area contributed by atoms with Crippen molar-refractivity contribution in [3.05, 3.63) is 64.3 Å². The van der Waals surface area contributed by atoms with Crippen LogP contribution in [-0.4, -0.2) is 18.3 Å². The second-order valence-electron chi connectivity index (χ2n) is 5.12. The van der Waals surface area contributed by atoms with Gasteiger partial charge in [-0.2, -0.15) is 5.10 Å². The third-order valence-corrected chi connectivity index (χ3v) is 3.91. The first-order chi connectivity index (χ1) is 11.2. The van der Waals surface area contributed by atoms with Crippen molar-refractivity contribution in [2.45, 2.75) is 6.92 Å². The van der Waals surface area contributed by atoms with Crippen LogP contribution in [0.1, 0.15) is 11.3 Å². The largest absolute Gasteiger partial charge is 0.497 e. The molecule has 0 bridgehead atoms. The summed E-state index contributed by atoms with van der Waals surface area (Å²) in [5, 5.41) is 5.35. The number of ether oxygens (including phenoxy) is 1. The van der Waals surface area contributed by atoms with E-state index in [-0.39, 0.29) is 0 Å².